The van der Waals surface area contributed by atoms with Crippen LogP contribution in [0.4, 0.5) is 0 Å². The Balaban J connectivity index is 2.39. The summed E-state index contributed by atoms with van der Waals surface area (Å²) in [5.41, 5.74) is 2.85. The number of hydrogen-bond donors (Lipinski definition) is 1. The molecule has 2 heteroatoms. The van der Waals surface area contributed by atoms with Gasteiger partial charge >= 0.3 is 0 Å². The van der Waals surface area contributed by atoms with Crippen LogP contribution in [0, 0.1) is 0 Å². The van der Waals surface area contributed by atoms with E-state index in [2.05, 4.69) is 37.1 Å². The molecule has 1 aromatic rings. The highest BCUT2D eigenvalue weighted by Gasteiger charge is 2.13. The van der Waals surface area contributed by atoms with E-state index in [4.69, 9.17) is 0 Å². The molecule has 0 fully saturated rings. The summed E-state index contributed by atoms with van der Waals surface area (Å²) < 4.78 is 0. The minimum absolute atomic E-state index is 0.503. The highest BCUT2D eigenvalue weighted by molar-refractivity contribution is 5.26. The van der Waals surface area contributed by atoms with Crippen molar-refractivity contribution in [2.45, 2.75) is 84.6 Å². The molecule has 1 rings (SSSR count). The highest BCUT2D eigenvalue weighted by Crippen LogP contribution is 2.23. The first-order valence-electron chi connectivity index (χ1n) is 8.99. The zero-order valence-electron chi connectivity index (χ0n) is 14.3. The third-order valence-corrected chi connectivity index (χ3v) is 4.24. The van der Waals surface area contributed by atoms with Gasteiger partial charge in [0.05, 0.1) is 0 Å². The minimum Gasteiger partial charge on any atom is -0.310 e. The maximum Gasteiger partial charge on any atom is 0.0323 e. The molecule has 120 valence electrons. The van der Waals surface area contributed by atoms with Gasteiger partial charge in [0.25, 0.3) is 0 Å². The van der Waals surface area contributed by atoms with E-state index >= 15 is 0 Å². The second-order valence-electron chi connectivity index (χ2n) is 5.95. The van der Waals surface area contributed by atoms with Crippen molar-refractivity contribution in [2.75, 3.05) is 6.54 Å². The Morgan fingerprint density at radius 2 is 1.71 bits per heavy atom. The fourth-order valence-electron chi connectivity index (χ4n) is 2.99. The van der Waals surface area contributed by atoms with Crippen LogP contribution in [0.5, 0.6) is 0 Å². The van der Waals surface area contributed by atoms with Crippen LogP contribution in [-0.4, -0.2) is 11.5 Å². The van der Waals surface area contributed by atoms with Crippen LogP contribution in [0.3, 0.4) is 0 Å². The molecule has 0 bridgehead atoms. The predicted molar refractivity (Wildman–Crippen MR) is 92.6 cm³/mol. The van der Waals surface area contributed by atoms with Gasteiger partial charge in [-0.25, -0.2) is 0 Å². The summed E-state index contributed by atoms with van der Waals surface area (Å²) in [6, 6.07) is 2.71. The van der Waals surface area contributed by atoms with E-state index in [9.17, 15) is 0 Å². The molecule has 1 aromatic heterocycles. The lowest BCUT2D eigenvalue weighted by Crippen LogP contribution is -2.22. The number of hydrogen-bond acceptors (Lipinski definition) is 2. The van der Waals surface area contributed by atoms with Crippen molar-refractivity contribution in [1.82, 2.24) is 10.3 Å². The van der Waals surface area contributed by atoms with Crippen molar-refractivity contribution < 1.29 is 0 Å². The summed E-state index contributed by atoms with van der Waals surface area (Å²) in [4.78, 5) is 4.27. The average molecular weight is 290 g/mol. The fourth-order valence-corrected chi connectivity index (χ4v) is 2.99. The monoisotopic (exact) mass is 290 g/mol. The molecule has 0 radical (unpaired) electrons. The van der Waals surface area contributed by atoms with Crippen molar-refractivity contribution in [2.24, 2.45) is 0 Å². The van der Waals surface area contributed by atoms with Gasteiger partial charge in [-0.2, -0.15) is 0 Å². The van der Waals surface area contributed by atoms with Gasteiger partial charge in [0.15, 0.2) is 0 Å². The van der Waals surface area contributed by atoms with Gasteiger partial charge in [-0.05, 0) is 36.6 Å². The van der Waals surface area contributed by atoms with E-state index in [1.54, 1.807) is 0 Å². The van der Waals surface area contributed by atoms with Crippen LogP contribution < -0.4 is 5.32 Å². The molecule has 0 saturated heterocycles. The number of nitrogens with one attached hydrogen (secondary N) is 1. The van der Waals surface area contributed by atoms with E-state index in [0.29, 0.717) is 6.04 Å². The van der Waals surface area contributed by atoms with Crippen molar-refractivity contribution in [1.29, 1.82) is 0 Å². The summed E-state index contributed by atoms with van der Waals surface area (Å²) in [5.74, 6) is 0. The molecule has 0 aliphatic carbocycles. The van der Waals surface area contributed by atoms with Crippen LogP contribution in [0.2, 0.25) is 0 Å². The van der Waals surface area contributed by atoms with E-state index in [0.717, 1.165) is 13.0 Å². The molecular weight excluding hydrogens is 256 g/mol. The predicted octanol–water partition coefficient (Wildman–Crippen LogP) is 5.44. The van der Waals surface area contributed by atoms with Crippen LogP contribution in [0.15, 0.2) is 18.5 Å². The Kier molecular flexibility index (Phi) is 10.1. The molecule has 0 spiro atoms. The number of aromatic nitrogens is 1. The summed E-state index contributed by atoms with van der Waals surface area (Å²) in [6.45, 7) is 7.73. The minimum atomic E-state index is 0.503. The van der Waals surface area contributed by atoms with Gasteiger partial charge in [0.1, 0.15) is 0 Å². The SMILES string of the molecule is CCCCCCCCCC(NCC)c1ccncc1CC. The van der Waals surface area contributed by atoms with Crippen LogP contribution in [0.25, 0.3) is 0 Å². The number of pyridine rings is 1. The molecule has 1 heterocycles. The third kappa shape index (κ3) is 7.08. The van der Waals surface area contributed by atoms with Crippen molar-refractivity contribution in [3.63, 3.8) is 0 Å². The number of unbranched alkanes of at least 4 members (excludes halogenated alkanes) is 6. The van der Waals surface area contributed by atoms with Crippen LogP contribution in [-0.2, 0) is 6.42 Å². The second-order valence-corrected chi connectivity index (χ2v) is 5.95. The van der Waals surface area contributed by atoms with Crippen LogP contribution >= 0.6 is 0 Å². The molecule has 2 nitrogen and oxygen atoms in total. The molecule has 21 heavy (non-hydrogen) atoms. The van der Waals surface area contributed by atoms with Gasteiger partial charge in [0, 0.05) is 18.4 Å². The van der Waals surface area contributed by atoms with Crippen molar-refractivity contribution in [3.05, 3.63) is 29.6 Å². The molecule has 0 aliphatic heterocycles. The van der Waals surface area contributed by atoms with Crippen molar-refractivity contribution in [3.8, 4) is 0 Å². The van der Waals surface area contributed by atoms with Gasteiger partial charge in [-0.1, -0.05) is 65.7 Å². The lowest BCUT2D eigenvalue weighted by molar-refractivity contribution is 0.473. The quantitative estimate of drug-likeness (QED) is 0.519. The van der Waals surface area contributed by atoms with Gasteiger partial charge in [-0.15, -0.1) is 0 Å². The van der Waals surface area contributed by atoms with E-state index in [1.165, 1.54) is 62.5 Å². The summed E-state index contributed by atoms with van der Waals surface area (Å²) >= 11 is 0. The molecule has 0 amide bonds. The number of aryl methyl sites for hydroxylation is 1. The smallest absolute Gasteiger partial charge is 0.0323 e. The Bertz CT molecular complexity index is 362. The van der Waals surface area contributed by atoms with Gasteiger partial charge in [-0.3, -0.25) is 4.98 Å². The zero-order valence-corrected chi connectivity index (χ0v) is 14.3. The Hall–Kier alpha value is -0.890. The fraction of sp³-hybridized carbons (Fsp3) is 0.737. The van der Waals surface area contributed by atoms with E-state index < -0.39 is 0 Å². The zero-order chi connectivity index (χ0) is 15.3. The highest BCUT2D eigenvalue weighted by atomic mass is 14.9. The van der Waals surface area contributed by atoms with Crippen LogP contribution in [0.1, 0.15) is 89.3 Å². The Morgan fingerprint density at radius 1 is 1.00 bits per heavy atom. The first kappa shape index (κ1) is 18.2. The van der Waals surface area contributed by atoms with E-state index in [1.807, 2.05) is 12.4 Å². The van der Waals surface area contributed by atoms with E-state index in [-0.39, 0.29) is 0 Å². The Morgan fingerprint density at radius 3 is 2.38 bits per heavy atom. The normalized spacial score (nSPS) is 12.5. The topological polar surface area (TPSA) is 24.9 Å². The molecule has 0 aliphatic rings. The number of rotatable bonds is 12. The maximum absolute atomic E-state index is 4.27. The molecule has 1 N–H and O–H groups in total. The molecule has 1 unspecified atom stereocenters. The first-order chi connectivity index (χ1) is 10.3. The summed E-state index contributed by atoms with van der Waals surface area (Å²) in [6.07, 6.45) is 16.0. The second kappa shape index (κ2) is 11.7. The third-order valence-electron chi connectivity index (χ3n) is 4.24. The maximum atomic E-state index is 4.27. The standard InChI is InChI=1S/C19H34N2/c1-4-7-8-9-10-11-12-13-19(21-6-3)18-14-15-20-16-17(18)5-2/h14-16,19,21H,4-13H2,1-3H3. The Labute approximate surface area is 131 Å². The van der Waals surface area contributed by atoms with Crippen molar-refractivity contribution >= 4 is 0 Å². The lowest BCUT2D eigenvalue weighted by Gasteiger charge is -2.21. The summed E-state index contributed by atoms with van der Waals surface area (Å²) in [5, 5.41) is 3.66. The summed E-state index contributed by atoms with van der Waals surface area (Å²) in [7, 11) is 0. The number of nitrogens with zero attached hydrogens (tertiary/aromatic N) is 1. The van der Waals surface area contributed by atoms with Gasteiger partial charge in [0.2, 0.25) is 0 Å². The first-order valence-corrected chi connectivity index (χ1v) is 8.99. The molecule has 0 aromatic carbocycles. The molecular formula is C19H34N2. The lowest BCUT2D eigenvalue weighted by atomic mass is 9.95. The largest absolute Gasteiger partial charge is 0.310 e. The van der Waals surface area contributed by atoms with Gasteiger partial charge < -0.3 is 5.32 Å². The molecule has 1 atom stereocenters. The average Bonchev–Trinajstić information content (AvgIpc) is 2.53. The molecule has 0 saturated carbocycles.